The number of rotatable bonds is 4. The molecule has 3 heterocycles. The molecule has 0 spiro atoms. The Bertz CT molecular complexity index is 956. The van der Waals surface area contributed by atoms with Crippen LogP contribution in [0, 0.1) is 0 Å². The third-order valence-electron chi connectivity index (χ3n) is 4.60. The van der Waals surface area contributed by atoms with Crippen LogP contribution >= 0.6 is 0 Å². The van der Waals surface area contributed by atoms with Crippen LogP contribution in [0.3, 0.4) is 0 Å². The molecule has 1 aromatic carbocycles. The highest BCUT2D eigenvalue weighted by Crippen LogP contribution is 2.23. The maximum absolute atomic E-state index is 12.2. The fraction of sp³-hybridized carbons (Fsp3) is 0.316. The van der Waals surface area contributed by atoms with Crippen molar-refractivity contribution in [2.24, 2.45) is 7.05 Å². The van der Waals surface area contributed by atoms with Crippen LogP contribution in [0.5, 0.6) is 0 Å². The smallest absolute Gasteiger partial charge is 0.203 e. The van der Waals surface area contributed by atoms with Crippen LogP contribution in [-0.2, 0) is 26.3 Å². The van der Waals surface area contributed by atoms with Crippen molar-refractivity contribution in [1.29, 1.82) is 0 Å². The molecule has 25 heavy (non-hydrogen) atoms. The van der Waals surface area contributed by atoms with Crippen LogP contribution in [0.25, 0.3) is 5.69 Å². The maximum Gasteiger partial charge on any atom is 0.203 e. The first-order valence-corrected chi connectivity index (χ1v) is 8.62. The molecule has 3 aromatic rings. The number of anilines is 1. The Balaban J connectivity index is 1.53. The van der Waals surface area contributed by atoms with Gasteiger partial charge in [-0.05, 0) is 42.9 Å². The first kappa shape index (κ1) is 15.6. The predicted molar refractivity (Wildman–Crippen MR) is 97.3 cm³/mol. The molecule has 1 aliphatic rings. The van der Waals surface area contributed by atoms with E-state index in [0.29, 0.717) is 12.1 Å². The zero-order valence-corrected chi connectivity index (χ0v) is 14.3. The third-order valence-corrected chi connectivity index (χ3v) is 4.60. The Kier molecular flexibility index (Phi) is 4.09. The van der Waals surface area contributed by atoms with Gasteiger partial charge < -0.3 is 5.32 Å². The molecule has 0 radical (unpaired) electrons. The molecular weight excluding hydrogens is 314 g/mol. The molecule has 6 heteroatoms. The number of nitrogens with one attached hydrogen (secondary N) is 1. The van der Waals surface area contributed by atoms with Crippen LogP contribution < -0.4 is 10.7 Å². The second kappa shape index (κ2) is 6.55. The van der Waals surface area contributed by atoms with Gasteiger partial charge >= 0.3 is 0 Å². The van der Waals surface area contributed by atoms with Crippen molar-refractivity contribution < 1.29 is 0 Å². The predicted octanol–water partition coefficient (Wildman–Crippen LogP) is 2.11. The molecule has 6 nitrogen and oxygen atoms in total. The SMILES string of the molecule is Cn1cc(-n2ccc(=O)c(CCc3ccc4c(c3)NCCC4)n2)cn1. The fourth-order valence-corrected chi connectivity index (χ4v) is 3.22. The van der Waals surface area contributed by atoms with E-state index in [-0.39, 0.29) is 5.43 Å². The monoisotopic (exact) mass is 335 g/mol. The quantitative estimate of drug-likeness (QED) is 0.793. The zero-order valence-electron chi connectivity index (χ0n) is 14.3. The summed E-state index contributed by atoms with van der Waals surface area (Å²) in [7, 11) is 1.86. The summed E-state index contributed by atoms with van der Waals surface area (Å²) in [6.07, 6.45) is 9.04. The van der Waals surface area contributed by atoms with Gasteiger partial charge in [0.2, 0.25) is 5.43 Å². The highest BCUT2D eigenvalue weighted by Gasteiger charge is 2.10. The minimum atomic E-state index is -0.0174. The highest BCUT2D eigenvalue weighted by molar-refractivity contribution is 5.55. The Morgan fingerprint density at radius 3 is 3.00 bits per heavy atom. The van der Waals surface area contributed by atoms with E-state index >= 15 is 0 Å². The summed E-state index contributed by atoms with van der Waals surface area (Å²) in [5.41, 5.74) is 5.26. The molecule has 0 atom stereocenters. The lowest BCUT2D eigenvalue weighted by Crippen LogP contribution is -2.16. The number of nitrogens with zero attached hydrogens (tertiary/aromatic N) is 4. The van der Waals surface area contributed by atoms with Crippen molar-refractivity contribution in [2.45, 2.75) is 25.7 Å². The van der Waals surface area contributed by atoms with E-state index in [1.165, 1.54) is 23.2 Å². The van der Waals surface area contributed by atoms with Crippen molar-refractivity contribution in [2.75, 3.05) is 11.9 Å². The summed E-state index contributed by atoms with van der Waals surface area (Å²) < 4.78 is 3.42. The van der Waals surface area contributed by atoms with Crippen LogP contribution in [-0.4, -0.2) is 26.1 Å². The molecule has 0 bridgehead atoms. The van der Waals surface area contributed by atoms with Gasteiger partial charge in [-0.1, -0.05) is 12.1 Å². The van der Waals surface area contributed by atoms with Gasteiger partial charge in [-0.2, -0.15) is 10.2 Å². The number of hydrogen-bond acceptors (Lipinski definition) is 4. The van der Waals surface area contributed by atoms with E-state index in [4.69, 9.17) is 0 Å². The lowest BCUT2D eigenvalue weighted by Gasteiger charge is -2.18. The van der Waals surface area contributed by atoms with Gasteiger partial charge in [0, 0.05) is 31.5 Å². The summed E-state index contributed by atoms with van der Waals surface area (Å²) in [5.74, 6) is 0. The standard InChI is InChI=1S/C19H21N5O/c1-23-13-16(12-21-23)24-10-8-19(25)17(22-24)7-5-14-4-6-15-3-2-9-20-18(15)11-14/h4,6,8,10-13,20H,2-3,5,7,9H2,1H3. The summed E-state index contributed by atoms with van der Waals surface area (Å²) in [5, 5.41) is 12.1. The minimum absolute atomic E-state index is 0.0174. The topological polar surface area (TPSA) is 64.7 Å². The third kappa shape index (κ3) is 3.33. The molecule has 1 aliphatic heterocycles. The zero-order chi connectivity index (χ0) is 17.2. The minimum Gasteiger partial charge on any atom is -0.385 e. The van der Waals surface area contributed by atoms with Gasteiger partial charge in [-0.3, -0.25) is 9.48 Å². The molecule has 1 N–H and O–H groups in total. The number of hydrogen-bond donors (Lipinski definition) is 1. The van der Waals surface area contributed by atoms with Gasteiger partial charge in [-0.25, -0.2) is 4.68 Å². The largest absolute Gasteiger partial charge is 0.385 e. The molecule has 128 valence electrons. The first-order chi connectivity index (χ1) is 12.2. The lowest BCUT2D eigenvalue weighted by molar-refractivity contribution is 0.753. The number of benzene rings is 1. The van der Waals surface area contributed by atoms with Crippen LogP contribution in [0.2, 0.25) is 0 Å². The Hall–Kier alpha value is -2.89. The number of aromatic nitrogens is 4. The van der Waals surface area contributed by atoms with Crippen molar-refractivity contribution >= 4 is 5.69 Å². The van der Waals surface area contributed by atoms with E-state index in [2.05, 4.69) is 33.7 Å². The summed E-state index contributed by atoms with van der Waals surface area (Å²) in [4.78, 5) is 12.2. The van der Waals surface area contributed by atoms with Crippen LogP contribution in [0.15, 0.2) is 47.7 Å². The first-order valence-electron chi connectivity index (χ1n) is 8.62. The van der Waals surface area contributed by atoms with Crippen molar-refractivity contribution in [1.82, 2.24) is 19.6 Å². The maximum atomic E-state index is 12.2. The van der Waals surface area contributed by atoms with Gasteiger partial charge in [0.25, 0.3) is 0 Å². The van der Waals surface area contributed by atoms with Crippen molar-refractivity contribution in [3.63, 3.8) is 0 Å². The normalized spacial score (nSPS) is 13.3. The average Bonchev–Trinajstić information content (AvgIpc) is 3.07. The summed E-state index contributed by atoms with van der Waals surface area (Å²) in [6.45, 7) is 1.03. The molecule has 2 aromatic heterocycles. The van der Waals surface area contributed by atoms with E-state index in [1.54, 1.807) is 27.8 Å². The fourth-order valence-electron chi connectivity index (χ4n) is 3.22. The van der Waals surface area contributed by atoms with E-state index in [9.17, 15) is 4.79 Å². The highest BCUT2D eigenvalue weighted by atomic mass is 16.1. The Morgan fingerprint density at radius 1 is 1.24 bits per heavy atom. The molecular formula is C19H21N5O. The molecule has 0 fully saturated rings. The van der Waals surface area contributed by atoms with Gasteiger partial charge in [0.1, 0.15) is 11.4 Å². The molecule has 4 rings (SSSR count). The average molecular weight is 335 g/mol. The van der Waals surface area contributed by atoms with Crippen LogP contribution in [0.1, 0.15) is 23.2 Å². The van der Waals surface area contributed by atoms with E-state index in [0.717, 1.165) is 25.1 Å². The number of aryl methyl sites for hydroxylation is 4. The number of fused-ring (bicyclic) bond motifs is 1. The summed E-state index contributed by atoms with van der Waals surface area (Å²) >= 11 is 0. The lowest BCUT2D eigenvalue weighted by atomic mass is 9.99. The Labute approximate surface area is 146 Å². The second-order valence-electron chi connectivity index (χ2n) is 6.47. The van der Waals surface area contributed by atoms with Gasteiger partial charge in [-0.15, -0.1) is 0 Å². The van der Waals surface area contributed by atoms with E-state index < -0.39 is 0 Å². The molecule has 0 saturated carbocycles. The summed E-state index contributed by atoms with van der Waals surface area (Å²) in [6, 6.07) is 8.14. The van der Waals surface area contributed by atoms with Crippen molar-refractivity contribution in [3.8, 4) is 5.69 Å². The van der Waals surface area contributed by atoms with Gasteiger partial charge in [0.15, 0.2) is 0 Å². The van der Waals surface area contributed by atoms with Crippen molar-refractivity contribution in [3.05, 3.63) is 69.9 Å². The van der Waals surface area contributed by atoms with Gasteiger partial charge in [0.05, 0.1) is 12.4 Å². The molecule has 0 aliphatic carbocycles. The van der Waals surface area contributed by atoms with E-state index in [1.807, 2.05) is 13.2 Å². The molecule has 0 amide bonds. The Morgan fingerprint density at radius 2 is 2.16 bits per heavy atom. The molecule has 0 unspecified atom stereocenters. The second-order valence-corrected chi connectivity index (χ2v) is 6.47. The molecule has 0 saturated heterocycles. The van der Waals surface area contributed by atoms with Crippen LogP contribution in [0.4, 0.5) is 5.69 Å².